The predicted molar refractivity (Wildman–Crippen MR) is 73.0 cm³/mol. The zero-order chi connectivity index (χ0) is 13.3. The van der Waals surface area contributed by atoms with E-state index in [0.717, 1.165) is 64.3 Å². The van der Waals surface area contributed by atoms with Crippen LogP contribution in [0, 0.1) is 17.8 Å². The van der Waals surface area contributed by atoms with Gasteiger partial charge in [0.2, 0.25) is 0 Å². The minimum absolute atomic E-state index is 0.0406. The number of rotatable bonds is 2. The summed E-state index contributed by atoms with van der Waals surface area (Å²) in [5, 5.41) is 0. The van der Waals surface area contributed by atoms with E-state index < -0.39 is 0 Å². The van der Waals surface area contributed by atoms with E-state index in [-0.39, 0.29) is 11.5 Å². The van der Waals surface area contributed by atoms with Crippen molar-refractivity contribution in [3.8, 4) is 0 Å². The van der Waals surface area contributed by atoms with E-state index in [2.05, 4.69) is 6.92 Å². The van der Waals surface area contributed by atoms with Gasteiger partial charge in [-0.1, -0.05) is 6.92 Å². The van der Waals surface area contributed by atoms with Crippen LogP contribution in [0.5, 0.6) is 0 Å². The van der Waals surface area contributed by atoms with Gasteiger partial charge < -0.3 is 9.47 Å². The van der Waals surface area contributed by atoms with Gasteiger partial charge in [-0.05, 0) is 50.9 Å². The minimum Gasteiger partial charge on any atom is -0.381 e. The Hall–Kier alpha value is -0.410. The summed E-state index contributed by atoms with van der Waals surface area (Å²) >= 11 is 0. The molecule has 1 saturated carbocycles. The van der Waals surface area contributed by atoms with Crippen LogP contribution >= 0.6 is 0 Å². The van der Waals surface area contributed by atoms with Crippen LogP contribution in [0.2, 0.25) is 0 Å². The lowest BCUT2D eigenvalue weighted by molar-refractivity contribution is -0.158. The van der Waals surface area contributed by atoms with Crippen LogP contribution in [0.3, 0.4) is 0 Å². The normalized spacial score (nSPS) is 38.5. The van der Waals surface area contributed by atoms with Gasteiger partial charge in [0.15, 0.2) is 0 Å². The zero-order valence-corrected chi connectivity index (χ0v) is 12.0. The smallest absolute Gasteiger partial charge is 0.139 e. The highest BCUT2D eigenvalue weighted by atomic mass is 16.5. The Balaban J connectivity index is 1.62. The molecule has 0 amide bonds. The summed E-state index contributed by atoms with van der Waals surface area (Å²) in [6, 6.07) is 0. The largest absolute Gasteiger partial charge is 0.381 e. The Kier molecular flexibility index (Phi) is 3.95. The van der Waals surface area contributed by atoms with Gasteiger partial charge in [-0.3, -0.25) is 4.79 Å². The van der Waals surface area contributed by atoms with E-state index in [1.165, 1.54) is 6.42 Å². The van der Waals surface area contributed by atoms with Crippen molar-refractivity contribution in [2.75, 3.05) is 19.8 Å². The third-order valence-corrected chi connectivity index (χ3v) is 5.40. The van der Waals surface area contributed by atoms with Crippen molar-refractivity contribution < 1.29 is 14.3 Å². The molecule has 19 heavy (non-hydrogen) atoms. The maximum Gasteiger partial charge on any atom is 0.139 e. The Morgan fingerprint density at radius 3 is 2.53 bits per heavy atom. The summed E-state index contributed by atoms with van der Waals surface area (Å²) < 4.78 is 11.5. The predicted octanol–water partition coefficient (Wildman–Crippen LogP) is 2.97. The van der Waals surface area contributed by atoms with Crippen LogP contribution in [-0.2, 0) is 14.3 Å². The molecule has 108 valence electrons. The second kappa shape index (κ2) is 5.53. The molecule has 1 aliphatic carbocycles. The molecule has 2 saturated heterocycles. The van der Waals surface area contributed by atoms with Crippen molar-refractivity contribution in [2.45, 2.75) is 57.5 Å². The van der Waals surface area contributed by atoms with Gasteiger partial charge in [0, 0.05) is 31.7 Å². The molecule has 0 aromatic heterocycles. The van der Waals surface area contributed by atoms with Crippen LogP contribution in [0.1, 0.15) is 51.9 Å². The average molecular weight is 266 g/mol. The van der Waals surface area contributed by atoms with Gasteiger partial charge in [0.05, 0.1) is 5.60 Å². The Labute approximate surface area is 116 Å². The highest BCUT2D eigenvalue weighted by Gasteiger charge is 2.43. The molecule has 3 nitrogen and oxygen atoms in total. The summed E-state index contributed by atoms with van der Waals surface area (Å²) in [5.74, 6) is 1.88. The molecule has 3 rings (SSSR count). The molecule has 0 radical (unpaired) electrons. The monoisotopic (exact) mass is 266 g/mol. The SMILES string of the molecule is CC1CCC(C(=O)C2CCOC3(CCOCC3)C2)C1. The quantitative estimate of drug-likeness (QED) is 0.771. The van der Waals surface area contributed by atoms with E-state index in [9.17, 15) is 4.79 Å². The van der Waals surface area contributed by atoms with E-state index in [0.29, 0.717) is 11.7 Å². The Bertz CT molecular complexity index is 327. The van der Waals surface area contributed by atoms with E-state index >= 15 is 0 Å². The first kappa shape index (κ1) is 13.6. The van der Waals surface area contributed by atoms with Crippen molar-refractivity contribution in [3.05, 3.63) is 0 Å². The van der Waals surface area contributed by atoms with Crippen molar-refractivity contribution in [1.29, 1.82) is 0 Å². The first-order valence-electron chi connectivity index (χ1n) is 7.94. The number of hydrogen-bond donors (Lipinski definition) is 0. The van der Waals surface area contributed by atoms with Crippen LogP contribution in [-0.4, -0.2) is 31.2 Å². The number of hydrogen-bond acceptors (Lipinski definition) is 3. The molecule has 1 spiro atoms. The topological polar surface area (TPSA) is 35.5 Å². The molecule has 0 aromatic carbocycles. The average Bonchev–Trinajstić information content (AvgIpc) is 2.85. The second-order valence-electron chi connectivity index (χ2n) is 6.85. The Morgan fingerprint density at radius 2 is 1.84 bits per heavy atom. The maximum atomic E-state index is 12.7. The fraction of sp³-hybridized carbons (Fsp3) is 0.938. The van der Waals surface area contributed by atoms with E-state index in [4.69, 9.17) is 9.47 Å². The van der Waals surface area contributed by atoms with Gasteiger partial charge in [0.25, 0.3) is 0 Å². The zero-order valence-electron chi connectivity index (χ0n) is 12.0. The highest BCUT2D eigenvalue weighted by Crippen LogP contribution is 2.41. The van der Waals surface area contributed by atoms with Gasteiger partial charge in [-0.15, -0.1) is 0 Å². The molecule has 2 aliphatic heterocycles. The molecule has 2 heterocycles. The molecular formula is C16H26O3. The highest BCUT2D eigenvalue weighted by molar-refractivity contribution is 5.83. The van der Waals surface area contributed by atoms with Crippen molar-refractivity contribution in [3.63, 3.8) is 0 Å². The lowest BCUT2D eigenvalue weighted by atomic mass is 9.76. The molecule has 3 unspecified atom stereocenters. The summed E-state index contributed by atoms with van der Waals surface area (Å²) in [4.78, 5) is 12.7. The summed E-state index contributed by atoms with van der Waals surface area (Å²) in [6.07, 6.45) is 7.29. The summed E-state index contributed by atoms with van der Waals surface area (Å²) in [6.45, 7) is 4.62. The molecular weight excluding hydrogens is 240 g/mol. The molecule has 0 N–H and O–H groups in total. The van der Waals surface area contributed by atoms with Crippen LogP contribution in [0.4, 0.5) is 0 Å². The Morgan fingerprint density at radius 1 is 1.05 bits per heavy atom. The van der Waals surface area contributed by atoms with E-state index in [1.54, 1.807) is 0 Å². The third kappa shape index (κ3) is 2.87. The second-order valence-corrected chi connectivity index (χ2v) is 6.85. The number of ether oxygens (including phenoxy) is 2. The molecule has 3 aliphatic rings. The fourth-order valence-corrected chi connectivity index (χ4v) is 4.16. The molecule has 0 bridgehead atoms. The maximum absolute atomic E-state index is 12.7. The lowest BCUT2D eigenvalue weighted by Gasteiger charge is -2.43. The van der Waals surface area contributed by atoms with Gasteiger partial charge in [-0.2, -0.15) is 0 Å². The number of carbonyl (C=O) groups is 1. The molecule has 3 fully saturated rings. The molecule has 3 atom stereocenters. The fourth-order valence-electron chi connectivity index (χ4n) is 4.16. The number of Topliss-reactive ketones (excluding diaryl/α,β-unsaturated/α-hetero) is 1. The summed E-state index contributed by atoms with van der Waals surface area (Å²) in [5.41, 5.74) is -0.0406. The summed E-state index contributed by atoms with van der Waals surface area (Å²) in [7, 11) is 0. The number of ketones is 1. The van der Waals surface area contributed by atoms with Crippen molar-refractivity contribution >= 4 is 5.78 Å². The van der Waals surface area contributed by atoms with Gasteiger partial charge in [0.1, 0.15) is 5.78 Å². The third-order valence-electron chi connectivity index (χ3n) is 5.40. The molecule has 0 aromatic rings. The standard InChI is InChI=1S/C16H26O3/c1-12-2-3-13(10-12)15(17)14-4-7-19-16(11-14)5-8-18-9-6-16/h12-14H,2-11H2,1H3. The lowest BCUT2D eigenvalue weighted by Crippen LogP contribution is -2.46. The van der Waals surface area contributed by atoms with Crippen LogP contribution in [0.25, 0.3) is 0 Å². The minimum atomic E-state index is -0.0406. The van der Waals surface area contributed by atoms with E-state index in [1.807, 2.05) is 0 Å². The van der Waals surface area contributed by atoms with Crippen molar-refractivity contribution in [2.24, 2.45) is 17.8 Å². The van der Waals surface area contributed by atoms with Crippen LogP contribution in [0.15, 0.2) is 0 Å². The van der Waals surface area contributed by atoms with Crippen LogP contribution < -0.4 is 0 Å². The van der Waals surface area contributed by atoms with Gasteiger partial charge >= 0.3 is 0 Å². The first-order valence-corrected chi connectivity index (χ1v) is 7.94. The number of carbonyl (C=O) groups excluding carboxylic acids is 1. The first-order chi connectivity index (χ1) is 9.19. The van der Waals surface area contributed by atoms with Gasteiger partial charge in [-0.25, -0.2) is 0 Å². The molecule has 3 heteroatoms. The van der Waals surface area contributed by atoms with Crippen molar-refractivity contribution in [1.82, 2.24) is 0 Å².